The third-order valence-corrected chi connectivity index (χ3v) is 11.0. The van der Waals surface area contributed by atoms with Crippen molar-refractivity contribution >= 4 is 30.2 Å². The van der Waals surface area contributed by atoms with Crippen molar-refractivity contribution in [1.82, 2.24) is 0 Å². The quantitative estimate of drug-likeness (QED) is 0.268. The highest BCUT2D eigenvalue weighted by Gasteiger charge is 2.68. The highest BCUT2D eigenvalue weighted by molar-refractivity contribution is 6.61. The van der Waals surface area contributed by atoms with Crippen LogP contribution in [0.25, 0.3) is 0 Å². The van der Waals surface area contributed by atoms with Crippen LogP contribution in [0.3, 0.4) is 0 Å². The third kappa shape index (κ3) is 4.70. The molecule has 8 atom stereocenters. The molecule has 1 aliphatic heterocycles. The van der Waals surface area contributed by atoms with Crippen molar-refractivity contribution in [3.8, 4) is 5.75 Å². The number of nitrogens with two attached hydrogens (primary N) is 1. The number of halogens is 1. The second-order valence-corrected chi connectivity index (χ2v) is 13.0. The lowest BCUT2D eigenvalue weighted by Crippen LogP contribution is -2.63. The van der Waals surface area contributed by atoms with Crippen LogP contribution < -0.4 is 15.9 Å². The average molecular weight is 571 g/mol. The summed E-state index contributed by atoms with van der Waals surface area (Å²) in [6.07, 6.45) is 3.83. The van der Waals surface area contributed by atoms with Gasteiger partial charge in [0.25, 0.3) is 0 Å². The summed E-state index contributed by atoms with van der Waals surface area (Å²) >= 11 is 0. The summed E-state index contributed by atoms with van der Waals surface area (Å²) in [4.78, 5) is 38.6. The van der Waals surface area contributed by atoms with Gasteiger partial charge in [-0.3, -0.25) is 9.59 Å². The first kappa shape index (κ1) is 29.7. The average Bonchev–Trinajstić information content (AvgIpc) is 3.48. The molecule has 4 N–H and O–H groups in total. The Kier molecular flexibility index (Phi) is 7.62. The summed E-state index contributed by atoms with van der Waals surface area (Å²) in [6, 6.07) is 2.94. The van der Waals surface area contributed by atoms with Crippen LogP contribution in [0.4, 0.5) is 4.39 Å². The Bertz CT molecular complexity index is 1290. The summed E-state index contributed by atoms with van der Waals surface area (Å²) in [5, 5.41) is 21.7. The number of amides is 1. The normalized spacial score (nSPS) is 38.3. The predicted molar refractivity (Wildman–Crippen MR) is 147 cm³/mol. The van der Waals surface area contributed by atoms with Crippen molar-refractivity contribution in [3.05, 3.63) is 35.7 Å². The zero-order chi connectivity index (χ0) is 29.9. The van der Waals surface area contributed by atoms with E-state index < -0.39 is 65.8 Å². The maximum Gasteiger partial charge on any atom is 0.494 e. The molecule has 0 unspecified atom stereocenters. The van der Waals surface area contributed by atoms with Gasteiger partial charge in [-0.2, -0.15) is 0 Å². The number of carbonyl (C=O) groups excluding carboxylic acids is 3. The van der Waals surface area contributed by atoms with Crippen LogP contribution in [-0.2, 0) is 30.4 Å². The highest BCUT2D eigenvalue weighted by Crippen LogP contribution is 2.68. The summed E-state index contributed by atoms with van der Waals surface area (Å²) in [7, 11) is -1.41. The molecule has 2 bridgehead atoms. The zero-order valence-electron chi connectivity index (χ0n) is 24.0. The molecule has 1 amide bonds. The van der Waals surface area contributed by atoms with Crippen molar-refractivity contribution in [2.24, 2.45) is 39.7 Å². The molecule has 3 aliphatic carbocycles. The molecule has 4 aliphatic rings. The summed E-state index contributed by atoms with van der Waals surface area (Å²) in [5.74, 6) is -2.97. The molecule has 3 fully saturated rings. The number of aliphatic hydroxyl groups excluding tert-OH is 1. The largest absolute Gasteiger partial charge is 0.494 e. The molecule has 3 saturated carbocycles. The van der Waals surface area contributed by atoms with Crippen LogP contribution >= 0.6 is 0 Å². The van der Waals surface area contributed by atoms with Gasteiger partial charge in [0, 0.05) is 28.6 Å². The van der Waals surface area contributed by atoms with Crippen molar-refractivity contribution in [3.63, 3.8) is 0 Å². The van der Waals surface area contributed by atoms with Gasteiger partial charge in [0.15, 0.2) is 18.2 Å². The van der Waals surface area contributed by atoms with E-state index in [-0.39, 0.29) is 41.9 Å². The number of aliphatic hydroxyl groups is 1. The SMILES string of the molecule is C[C@@H]1CC[C@@]23CCC(=O)[C@H]2[C@]1(C)[C@H](OC(=O)COc1ccc2c(c1F)B(O)OC2)C[C@@](C)(/C=C/C(N)=O)[C@@H](O)[C@@H]3C. The number of carbonyl (C=O) groups is 3. The first-order valence-electron chi connectivity index (χ1n) is 14.4. The number of hydrogen-bond donors (Lipinski definition) is 3. The van der Waals surface area contributed by atoms with Crippen LogP contribution in [0.2, 0.25) is 0 Å². The van der Waals surface area contributed by atoms with E-state index in [0.29, 0.717) is 18.4 Å². The molecular weight excluding hydrogens is 532 g/mol. The molecule has 0 radical (unpaired) electrons. The smallest absolute Gasteiger partial charge is 0.479 e. The van der Waals surface area contributed by atoms with Crippen LogP contribution in [0, 0.1) is 39.8 Å². The lowest BCUT2D eigenvalue weighted by Gasteiger charge is -2.61. The molecule has 1 aromatic rings. The molecule has 5 rings (SSSR count). The molecule has 9 nitrogen and oxygen atoms in total. The summed E-state index contributed by atoms with van der Waals surface area (Å²) in [6.45, 7) is 7.33. The fourth-order valence-corrected chi connectivity index (χ4v) is 8.44. The number of hydrogen-bond acceptors (Lipinski definition) is 8. The lowest BCUT2D eigenvalue weighted by molar-refractivity contribution is -0.207. The third-order valence-electron chi connectivity index (χ3n) is 11.0. The molecular formula is C30H39BFNO8. The Morgan fingerprint density at radius 2 is 2.00 bits per heavy atom. The number of benzene rings is 1. The van der Waals surface area contributed by atoms with Gasteiger partial charge < -0.3 is 30.0 Å². The highest BCUT2D eigenvalue weighted by atomic mass is 19.1. The molecule has 1 aromatic carbocycles. The van der Waals surface area contributed by atoms with E-state index in [2.05, 4.69) is 6.92 Å². The standard InChI is InChI=1S/C30H39BFNO8/c1-16-7-11-30-12-8-19(34)26(30)29(16,4)21(13-28(3,10-9-22(33)35)27(37)17(30)2)41-23(36)15-39-20-6-5-18-14-40-31(38)24(18)25(20)32/h5-6,9-10,16-17,21,26-27,37-38H,7-8,11-15H2,1-4H3,(H2,33,35)/b10-9+/t16-,17+,21-,26+,27+,28-,29+,30+/m1/s1. The fourth-order valence-electron chi connectivity index (χ4n) is 8.44. The number of ether oxygens (including phenoxy) is 2. The Hall–Kier alpha value is -2.76. The number of rotatable bonds is 6. The van der Waals surface area contributed by atoms with Crippen LogP contribution in [0.15, 0.2) is 24.3 Å². The van der Waals surface area contributed by atoms with Crippen molar-refractivity contribution in [1.29, 1.82) is 0 Å². The molecule has 1 heterocycles. The molecule has 0 aromatic heterocycles. The topological polar surface area (TPSA) is 145 Å². The van der Waals surface area contributed by atoms with E-state index in [9.17, 15) is 24.5 Å². The second-order valence-electron chi connectivity index (χ2n) is 13.0. The van der Waals surface area contributed by atoms with Gasteiger partial charge >= 0.3 is 13.1 Å². The first-order chi connectivity index (χ1) is 19.2. The van der Waals surface area contributed by atoms with Crippen molar-refractivity contribution < 1.29 is 43.0 Å². The number of fused-ring (bicyclic) bond motifs is 1. The Morgan fingerprint density at radius 1 is 1.27 bits per heavy atom. The van der Waals surface area contributed by atoms with Gasteiger partial charge in [0.1, 0.15) is 11.9 Å². The van der Waals surface area contributed by atoms with Crippen LogP contribution in [0.5, 0.6) is 5.75 Å². The van der Waals surface area contributed by atoms with Crippen LogP contribution in [0.1, 0.15) is 65.4 Å². The summed E-state index contributed by atoms with van der Waals surface area (Å²) in [5.41, 5.74) is 3.68. The van der Waals surface area contributed by atoms with E-state index in [4.69, 9.17) is 19.9 Å². The van der Waals surface area contributed by atoms with E-state index in [0.717, 1.165) is 12.8 Å². The van der Waals surface area contributed by atoms with E-state index in [1.807, 2.05) is 20.8 Å². The maximum atomic E-state index is 15.0. The van der Waals surface area contributed by atoms with E-state index >= 15 is 4.39 Å². The van der Waals surface area contributed by atoms with Gasteiger partial charge in [-0.1, -0.05) is 39.8 Å². The Labute approximate surface area is 239 Å². The number of Topliss-reactive ketones (excluding diaryl/α,β-unsaturated/α-hetero) is 1. The van der Waals surface area contributed by atoms with Crippen molar-refractivity contribution in [2.45, 2.75) is 78.6 Å². The maximum absolute atomic E-state index is 15.0. The van der Waals surface area contributed by atoms with Gasteiger partial charge in [-0.15, -0.1) is 0 Å². The zero-order valence-corrected chi connectivity index (χ0v) is 24.0. The van der Waals surface area contributed by atoms with Gasteiger partial charge in [0.05, 0.1) is 12.7 Å². The molecule has 0 spiro atoms. The predicted octanol–water partition coefficient (Wildman–Crippen LogP) is 2.18. The monoisotopic (exact) mass is 571 g/mol. The number of primary amides is 1. The minimum absolute atomic E-state index is 0.0175. The van der Waals surface area contributed by atoms with Gasteiger partial charge in [-0.25, -0.2) is 9.18 Å². The fraction of sp³-hybridized carbons (Fsp3) is 0.633. The molecule has 222 valence electrons. The molecule has 0 saturated heterocycles. The minimum Gasteiger partial charge on any atom is -0.479 e. The Morgan fingerprint density at radius 3 is 2.71 bits per heavy atom. The minimum atomic E-state index is -1.41. The number of esters is 1. The van der Waals surface area contributed by atoms with Crippen LogP contribution in [-0.4, -0.2) is 53.7 Å². The Balaban J connectivity index is 1.48. The van der Waals surface area contributed by atoms with E-state index in [1.54, 1.807) is 12.1 Å². The first-order valence-corrected chi connectivity index (χ1v) is 14.4. The van der Waals surface area contributed by atoms with Crippen molar-refractivity contribution in [2.75, 3.05) is 6.61 Å². The second kappa shape index (κ2) is 10.5. The molecule has 11 heteroatoms. The van der Waals surface area contributed by atoms with E-state index in [1.165, 1.54) is 12.1 Å². The summed E-state index contributed by atoms with van der Waals surface area (Å²) < 4.78 is 31.7. The van der Waals surface area contributed by atoms with Gasteiger partial charge in [-0.05, 0) is 60.6 Å². The molecule has 41 heavy (non-hydrogen) atoms. The number of ketones is 1. The lowest BCUT2D eigenvalue weighted by atomic mass is 9.44. The van der Waals surface area contributed by atoms with Gasteiger partial charge in [0.2, 0.25) is 5.91 Å².